The summed E-state index contributed by atoms with van der Waals surface area (Å²) in [5, 5.41) is 2.70. The van der Waals surface area contributed by atoms with E-state index in [4.69, 9.17) is 4.74 Å². The summed E-state index contributed by atoms with van der Waals surface area (Å²) in [7, 11) is 0. The van der Waals surface area contributed by atoms with Crippen LogP contribution in [0, 0.1) is 13.8 Å². The molecule has 0 radical (unpaired) electrons. The van der Waals surface area contributed by atoms with E-state index in [1.165, 1.54) is 6.33 Å². The van der Waals surface area contributed by atoms with E-state index in [1.54, 1.807) is 23.0 Å². The molecule has 0 atom stereocenters. The molecule has 0 aliphatic heterocycles. The molecule has 0 saturated heterocycles. The van der Waals surface area contributed by atoms with Gasteiger partial charge in [-0.3, -0.25) is 9.36 Å². The van der Waals surface area contributed by atoms with Crippen LogP contribution >= 0.6 is 0 Å². The lowest BCUT2D eigenvalue weighted by molar-refractivity contribution is -0.118. The lowest BCUT2D eigenvalue weighted by Gasteiger charge is -2.10. The van der Waals surface area contributed by atoms with Crippen molar-refractivity contribution in [3.63, 3.8) is 0 Å². The Labute approximate surface area is 139 Å². The van der Waals surface area contributed by atoms with Gasteiger partial charge in [-0.1, -0.05) is 18.2 Å². The zero-order chi connectivity index (χ0) is 16.9. The molecule has 0 unspecified atom stereocenters. The van der Waals surface area contributed by atoms with E-state index >= 15 is 0 Å². The first-order chi connectivity index (χ1) is 11.6. The van der Waals surface area contributed by atoms with Crippen LogP contribution in [0.25, 0.3) is 5.82 Å². The van der Waals surface area contributed by atoms with Gasteiger partial charge in [0.2, 0.25) is 0 Å². The second kappa shape index (κ2) is 6.91. The first-order valence-electron chi connectivity index (χ1n) is 7.44. The van der Waals surface area contributed by atoms with Gasteiger partial charge in [-0.2, -0.15) is 0 Å². The second-order valence-corrected chi connectivity index (χ2v) is 5.21. The zero-order valence-corrected chi connectivity index (χ0v) is 13.4. The number of nitrogens with one attached hydrogen (secondary N) is 1. The summed E-state index contributed by atoms with van der Waals surface area (Å²) >= 11 is 0. The van der Waals surface area contributed by atoms with Crippen LogP contribution in [0.5, 0.6) is 5.75 Å². The molecule has 122 valence electrons. The molecule has 1 amide bonds. The minimum Gasteiger partial charge on any atom is -0.483 e. The van der Waals surface area contributed by atoms with E-state index in [0.717, 1.165) is 11.4 Å². The van der Waals surface area contributed by atoms with Gasteiger partial charge >= 0.3 is 0 Å². The number of imidazole rings is 1. The maximum Gasteiger partial charge on any atom is 0.263 e. The normalized spacial score (nSPS) is 10.4. The van der Waals surface area contributed by atoms with Gasteiger partial charge in [-0.05, 0) is 25.5 Å². The third-order valence-corrected chi connectivity index (χ3v) is 3.45. The molecule has 0 fully saturated rings. The minimum atomic E-state index is -0.287. The molecule has 24 heavy (non-hydrogen) atoms. The molecule has 7 nitrogen and oxygen atoms in total. The fourth-order valence-electron chi connectivity index (χ4n) is 2.21. The van der Waals surface area contributed by atoms with Crippen molar-refractivity contribution in [2.24, 2.45) is 0 Å². The molecule has 0 bridgehead atoms. The Kier molecular flexibility index (Phi) is 4.51. The summed E-state index contributed by atoms with van der Waals surface area (Å²) in [6.45, 7) is 3.71. The highest BCUT2D eigenvalue weighted by molar-refractivity contribution is 5.91. The van der Waals surface area contributed by atoms with Crippen molar-refractivity contribution in [2.75, 3.05) is 11.9 Å². The summed E-state index contributed by atoms with van der Waals surface area (Å²) < 4.78 is 7.33. The third-order valence-electron chi connectivity index (χ3n) is 3.45. The Bertz CT molecular complexity index is 859. The first-order valence-corrected chi connectivity index (χ1v) is 7.44. The Morgan fingerprint density at radius 3 is 2.79 bits per heavy atom. The number of nitrogens with zero attached hydrogens (tertiary/aromatic N) is 4. The molecular formula is C17H17N5O2. The molecule has 2 aromatic heterocycles. The van der Waals surface area contributed by atoms with Crippen LogP contribution < -0.4 is 10.1 Å². The van der Waals surface area contributed by atoms with Gasteiger partial charge in [0.25, 0.3) is 5.91 Å². The van der Waals surface area contributed by atoms with Gasteiger partial charge in [0.15, 0.2) is 6.61 Å². The van der Waals surface area contributed by atoms with Crippen LogP contribution in [0.15, 0.2) is 49.1 Å². The molecule has 0 aliphatic carbocycles. The largest absolute Gasteiger partial charge is 0.483 e. The van der Waals surface area contributed by atoms with E-state index in [2.05, 4.69) is 20.3 Å². The maximum atomic E-state index is 12.0. The lowest BCUT2D eigenvalue weighted by Crippen LogP contribution is -2.21. The number of carbonyl (C=O) groups is 1. The topological polar surface area (TPSA) is 81.9 Å². The number of benzene rings is 1. The molecular weight excluding hydrogens is 306 g/mol. The fraction of sp³-hybridized carbons (Fsp3) is 0.176. The first kappa shape index (κ1) is 15.7. The van der Waals surface area contributed by atoms with E-state index in [0.29, 0.717) is 17.4 Å². The number of hydrogen-bond acceptors (Lipinski definition) is 5. The van der Waals surface area contributed by atoms with Crippen LogP contribution in [0.3, 0.4) is 0 Å². The number of ether oxygens (including phenoxy) is 1. The van der Waals surface area contributed by atoms with Gasteiger partial charge in [-0.25, -0.2) is 15.0 Å². The van der Waals surface area contributed by atoms with Crippen LogP contribution in [0.2, 0.25) is 0 Å². The standard InChI is InChI=1S/C17H17N5O2/c1-12-5-3-4-6-14(12)24-10-17(23)21-15-9-16(20-11-19-15)22-8-7-18-13(22)2/h3-9,11H,10H2,1-2H3,(H,19,20,21,23). The average molecular weight is 323 g/mol. The number of anilines is 1. The smallest absolute Gasteiger partial charge is 0.263 e. The third kappa shape index (κ3) is 3.57. The molecule has 0 saturated carbocycles. The predicted octanol–water partition coefficient (Wildman–Crippen LogP) is 2.30. The van der Waals surface area contributed by atoms with Crippen LogP contribution in [-0.2, 0) is 4.79 Å². The summed E-state index contributed by atoms with van der Waals surface area (Å²) in [5.74, 6) is 2.24. The van der Waals surface area contributed by atoms with Crippen LogP contribution in [0.1, 0.15) is 11.4 Å². The Morgan fingerprint density at radius 1 is 1.21 bits per heavy atom. The van der Waals surface area contributed by atoms with Crippen molar-refractivity contribution in [3.8, 4) is 11.6 Å². The highest BCUT2D eigenvalue weighted by Gasteiger charge is 2.08. The van der Waals surface area contributed by atoms with Crippen molar-refractivity contribution < 1.29 is 9.53 Å². The molecule has 1 N–H and O–H groups in total. The summed E-state index contributed by atoms with van der Waals surface area (Å²) in [4.78, 5) is 24.4. The van der Waals surface area contributed by atoms with E-state index in [-0.39, 0.29) is 12.5 Å². The highest BCUT2D eigenvalue weighted by Crippen LogP contribution is 2.16. The molecule has 0 spiro atoms. The lowest BCUT2D eigenvalue weighted by atomic mass is 10.2. The molecule has 3 aromatic rings. The van der Waals surface area contributed by atoms with Crippen molar-refractivity contribution >= 4 is 11.7 Å². The van der Waals surface area contributed by atoms with Gasteiger partial charge in [-0.15, -0.1) is 0 Å². The van der Waals surface area contributed by atoms with Crippen LogP contribution in [0.4, 0.5) is 5.82 Å². The molecule has 0 aliphatic rings. The van der Waals surface area contributed by atoms with Gasteiger partial charge in [0.05, 0.1) is 0 Å². The van der Waals surface area contributed by atoms with Crippen molar-refractivity contribution in [1.82, 2.24) is 19.5 Å². The average Bonchev–Trinajstić information content (AvgIpc) is 3.00. The molecule has 3 rings (SSSR count). The van der Waals surface area contributed by atoms with E-state index in [1.807, 2.05) is 38.1 Å². The number of aryl methyl sites for hydroxylation is 2. The number of amides is 1. The van der Waals surface area contributed by atoms with Gasteiger partial charge < -0.3 is 10.1 Å². The highest BCUT2D eigenvalue weighted by atomic mass is 16.5. The number of rotatable bonds is 5. The number of hydrogen-bond donors (Lipinski definition) is 1. The SMILES string of the molecule is Cc1ccccc1OCC(=O)Nc1cc(-n2ccnc2C)ncn1. The van der Waals surface area contributed by atoms with E-state index in [9.17, 15) is 4.79 Å². The maximum absolute atomic E-state index is 12.0. The summed E-state index contributed by atoms with van der Waals surface area (Å²) in [6.07, 6.45) is 4.88. The van der Waals surface area contributed by atoms with Crippen molar-refractivity contribution in [3.05, 3.63) is 60.4 Å². The van der Waals surface area contributed by atoms with E-state index < -0.39 is 0 Å². The second-order valence-electron chi connectivity index (χ2n) is 5.21. The number of para-hydroxylation sites is 1. The van der Waals surface area contributed by atoms with Crippen molar-refractivity contribution in [1.29, 1.82) is 0 Å². The quantitative estimate of drug-likeness (QED) is 0.779. The monoisotopic (exact) mass is 323 g/mol. The summed E-state index contributed by atoms with van der Waals surface area (Å²) in [6, 6.07) is 9.22. The van der Waals surface area contributed by atoms with Crippen LogP contribution in [-0.4, -0.2) is 32.0 Å². The van der Waals surface area contributed by atoms with Gasteiger partial charge in [0.1, 0.15) is 29.5 Å². The number of carbonyl (C=O) groups excluding carboxylic acids is 1. The summed E-state index contributed by atoms with van der Waals surface area (Å²) in [5.41, 5.74) is 0.977. The molecule has 7 heteroatoms. The number of aromatic nitrogens is 4. The Balaban J connectivity index is 1.65. The van der Waals surface area contributed by atoms with Crippen molar-refractivity contribution in [2.45, 2.75) is 13.8 Å². The molecule has 2 heterocycles. The fourth-order valence-corrected chi connectivity index (χ4v) is 2.21. The van der Waals surface area contributed by atoms with Gasteiger partial charge in [0, 0.05) is 18.5 Å². The molecule has 1 aromatic carbocycles. The Hall–Kier alpha value is -3.22. The minimum absolute atomic E-state index is 0.0890. The predicted molar refractivity (Wildman–Crippen MR) is 89.2 cm³/mol. The zero-order valence-electron chi connectivity index (χ0n) is 13.4. The Morgan fingerprint density at radius 2 is 2.04 bits per heavy atom.